The number of nitrogens with zero attached hydrogens (tertiary/aromatic N) is 1. The third-order valence-corrected chi connectivity index (χ3v) is 6.58. The summed E-state index contributed by atoms with van der Waals surface area (Å²) in [6.45, 7) is 3.80. The molecule has 0 aliphatic heterocycles. The van der Waals surface area contributed by atoms with Crippen LogP contribution in [0.3, 0.4) is 0 Å². The van der Waals surface area contributed by atoms with Gasteiger partial charge in [0.2, 0.25) is 10.0 Å². The van der Waals surface area contributed by atoms with Crippen LogP contribution in [0.5, 0.6) is 0 Å². The summed E-state index contributed by atoms with van der Waals surface area (Å²) >= 11 is 0. The van der Waals surface area contributed by atoms with Gasteiger partial charge in [-0.3, -0.25) is 4.79 Å². The van der Waals surface area contributed by atoms with Gasteiger partial charge in [0, 0.05) is 34.6 Å². The van der Waals surface area contributed by atoms with Gasteiger partial charge in [-0.15, -0.1) is 0 Å². The van der Waals surface area contributed by atoms with Crippen molar-refractivity contribution in [2.24, 2.45) is 11.1 Å². The van der Waals surface area contributed by atoms with E-state index in [0.29, 0.717) is 17.9 Å². The number of sulfonamides is 1. The van der Waals surface area contributed by atoms with Gasteiger partial charge in [0.1, 0.15) is 5.82 Å². The monoisotopic (exact) mass is 426 g/mol. The summed E-state index contributed by atoms with van der Waals surface area (Å²) in [4.78, 5) is 13.2. The maximum Gasteiger partial charge on any atom is 0.238 e. The standard InChI is InChI=1S/C23H23FN2O3S/c1-14-22(17-5-11-20(12-6-17)30(25,28)29)23(21(27)13-16-3-4-16)15(2)26(14)19-9-7-18(24)8-10-19/h5-12,16H,3-4,13H2,1-2H3,(H2,25,28,29). The number of carbonyl (C=O) groups is 1. The van der Waals surface area contributed by atoms with Crippen LogP contribution in [0.1, 0.15) is 41.0 Å². The zero-order valence-electron chi connectivity index (χ0n) is 16.9. The SMILES string of the molecule is Cc1c(C(=O)CC2CC2)c(-c2ccc(S(N)(=O)=O)cc2)c(C)n1-c1ccc(F)cc1. The average Bonchev–Trinajstić information content (AvgIpc) is 3.46. The van der Waals surface area contributed by atoms with Crippen LogP contribution >= 0.6 is 0 Å². The summed E-state index contributed by atoms with van der Waals surface area (Å²) in [5.74, 6) is 0.179. The van der Waals surface area contributed by atoms with Crippen LogP contribution in [-0.4, -0.2) is 18.8 Å². The minimum absolute atomic E-state index is 0.0180. The van der Waals surface area contributed by atoms with Crippen molar-refractivity contribution in [2.45, 2.75) is 38.0 Å². The highest BCUT2D eigenvalue weighted by atomic mass is 32.2. The zero-order valence-corrected chi connectivity index (χ0v) is 17.7. The number of carbonyl (C=O) groups excluding carboxylic acids is 1. The number of primary sulfonamides is 1. The Hall–Kier alpha value is -2.77. The van der Waals surface area contributed by atoms with Crippen LogP contribution in [-0.2, 0) is 10.0 Å². The summed E-state index contributed by atoms with van der Waals surface area (Å²) in [6, 6.07) is 12.4. The van der Waals surface area contributed by atoms with Gasteiger partial charge < -0.3 is 4.57 Å². The quantitative estimate of drug-likeness (QED) is 0.588. The second kappa shape index (κ2) is 7.49. The van der Waals surface area contributed by atoms with Gasteiger partial charge in [-0.25, -0.2) is 17.9 Å². The fourth-order valence-electron chi connectivity index (χ4n) is 4.01. The van der Waals surface area contributed by atoms with Gasteiger partial charge in [-0.2, -0.15) is 0 Å². The number of aromatic nitrogens is 1. The topological polar surface area (TPSA) is 82.2 Å². The van der Waals surface area contributed by atoms with Gasteiger partial charge in [0.15, 0.2) is 5.78 Å². The van der Waals surface area contributed by atoms with Crippen LogP contribution < -0.4 is 5.14 Å². The molecular formula is C23H23FN2O3S. The van der Waals surface area contributed by atoms with Gasteiger partial charge in [0.05, 0.1) is 4.90 Å². The second-order valence-corrected chi connectivity index (χ2v) is 9.43. The van der Waals surface area contributed by atoms with E-state index in [-0.39, 0.29) is 16.5 Å². The number of rotatable bonds is 6. The lowest BCUT2D eigenvalue weighted by molar-refractivity contribution is 0.0976. The van der Waals surface area contributed by atoms with Crippen LogP contribution in [0.25, 0.3) is 16.8 Å². The Kier molecular flexibility index (Phi) is 5.11. The Morgan fingerprint density at radius 3 is 2.17 bits per heavy atom. The van der Waals surface area contributed by atoms with Crippen LogP contribution in [0.2, 0.25) is 0 Å². The second-order valence-electron chi connectivity index (χ2n) is 7.87. The molecule has 5 nitrogen and oxygen atoms in total. The molecule has 0 unspecified atom stereocenters. The molecular weight excluding hydrogens is 403 g/mol. The molecule has 0 amide bonds. The summed E-state index contributed by atoms with van der Waals surface area (Å²) < 4.78 is 38.6. The highest BCUT2D eigenvalue weighted by Crippen LogP contribution is 2.39. The number of Topliss-reactive ketones (excluding diaryl/α,β-unsaturated/α-hetero) is 1. The van der Waals surface area contributed by atoms with Crippen molar-refractivity contribution in [3.8, 4) is 16.8 Å². The molecule has 1 heterocycles. The van der Waals surface area contributed by atoms with Gasteiger partial charge in [-0.05, 0) is 74.6 Å². The molecule has 1 aromatic heterocycles. The van der Waals surface area contributed by atoms with Crippen molar-refractivity contribution < 1.29 is 17.6 Å². The van der Waals surface area contributed by atoms with Gasteiger partial charge in [0.25, 0.3) is 0 Å². The van der Waals surface area contributed by atoms with Crippen molar-refractivity contribution >= 4 is 15.8 Å². The Bertz CT molecular complexity index is 1220. The van der Waals surface area contributed by atoms with Crippen LogP contribution in [0.15, 0.2) is 53.4 Å². The molecule has 3 aromatic rings. The highest BCUT2D eigenvalue weighted by Gasteiger charge is 2.30. The molecule has 1 aliphatic carbocycles. The minimum atomic E-state index is -3.80. The normalized spacial score (nSPS) is 14.1. The van der Waals surface area contributed by atoms with Gasteiger partial charge in [-0.1, -0.05) is 12.1 Å². The predicted octanol–water partition coefficient (Wildman–Crippen LogP) is 4.53. The molecule has 0 spiro atoms. The van der Waals surface area contributed by atoms with E-state index in [4.69, 9.17) is 5.14 Å². The fourth-order valence-corrected chi connectivity index (χ4v) is 4.52. The summed E-state index contributed by atoms with van der Waals surface area (Å²) in [6.07, 6.45) is 2.64. The zero-order chi connectivity index (χ0) is 21.6. The van der Waals surface area contributed by atoms with Crippen LogP contribution in [0, 0.1) is 25.6 Å². The van der Waals surface area contributed by atoms with Crippen molar-refractivity contribution in [3.05, 3.63) is 71.3 Å². The van der Waals surface area contributed by atoms with E-state index < -0.39 is 10.0 Å². The van der Waals surface area contributed by atoms with E-state index in [0.717, 1.165) is 41.0 Å². The first-order valence-electron chi connectivity index (χ1n) is 9.81. The fraction of sp³-hybridized carbons (Fsp3) is 0.261. The molecule has 0 saturated heterocycles. The van der Waals surface area contributed by atoms with E-state index in [1.165, 1.54) is 24.3 Å². The number of benzene rings is 2. The number of nitrogens with two attached hydrogens (primary N) is 1. The molecule has 2 aromatic carbocycles. The lowest BCUT2D eigenvalue weighted by Gasteiger charge is -2.10. The van der Waals surface area contributed by atoms with E-state index in [1.54, 1.807) is 24.3 Å². The molecule has 1 aliphatic rings. The third kappa shape index (κ3) is 3.82. The Morgan fingerprint density at radius 2 is 1.63 bits per heavy atom. The third-order valence-electron chi connectivity index (χ3n) is 5.65. The van der Waals surface area contributed by atoms with E-state index in [9.17, 15) is 17.6 Å². The molecule has 0 bridgehead atoms. The van der Waals surface area contributed by atoms with Crippen molar-refractivity contribution in [3.63, 3.8) is 0 Å². The molecule has 30 heavy (non-hydrogen) atoms. The Labute approximate surface area is 175 Å². The summed E-state index contributed by atoms with van der Waals surface area (Å²) in [5.41, 5.74) is 4.52. The van der Waals surface area contributed by atoms with E-state index in [2.05, 4.69) is 0 Å². The number of halogens is 1. The predicted molar refractivity (Wildman–Crippen MR) is 114 cm³/mol. The van der Waals surface area contributed by atoms with E-state index in [1.807, 2.05) is 18.4 Å². The average molecular weight is 427 g/mol. The van der Waals surface area contributed by atoms with Crippen molar-refractivity contribution in [1.82, 2.24) is 4.57 Å². The Balaban J connectivity index is 1.90. The van der Waals surface area contributed by atoms with Crippen molar-refractivity contribution in [1.29, 1.82) is 0 Å². The first-order chi connectivity index (χ1) is 14.2. The smallest absolute Gasteiger partial charge is 0.238 e. The minimum Gasteiger partial charge on any atom is -0.317 e. The Morgan fingerprint density at radius 1 is 1.03 bits per heavy atom. The summed E-state index contributed by atoms with van der Waals surface area (Å²) in [7, 11) is -3.80. The van der Waals surface area contributed by atoms with Crippen LogP contribution in [0.4, 0.5) is 4.39 Å². The number of hydrogen-bond donors (Lipinski definition) is 1. The largest absolute Gasteiger partial charge is 0.317 e. The molecule has 7 heteroatoms. The molecule has 1 fully saturated rings. The first-order valence-corrected chi connectivity index (χ1v) is 11.4. The summed E-state index contributed by atoms with van der Waals surface area (Å²) in [5, 5.41) is 5.22. The number of ketones is 1. The molecule has 4 rings (SSSR count). The molecule has 156 valence electrons. The van der Waals surface area contributed by atoms with E-state index >= 15 is 0 Å². The molecule has 0 atom stereocenters. The lowest BCUT2D eigenvalue weighted by Crippen LogP contribution is -2.11. The van der Waals surface area contributed by atoms with Gasteiger partial charge >= 0.3 is 0 Å². The maximum absolute atomic E-state index is 13.4. The molecule has 0 radical (unpaired) electrons. The van der Waals surface area contributed by atoms with Crippen molar-refractivity contribution in [2.75, 3.05) is 0 Å². The first kappa shape index (κ1) is 20.5. The lowest BCUT2D eigenvalue weighted by atomic mass is 9.95. The highest BCUT2D eigenvalue weighted by molar-refractivity contribution is 7.89. The number of hydrogen-bond acceptors (Lipinski definition) is 3. The maximum atomic E-state index is 13.4. The molecule has 1 saturated carbocycles. The molecule has 2 N–H and O–H groups in total.